The molecule has 0 aliphatic carbocycles. The number of aryl methyl sites for hydroxylation is 1. The predicted octanol–water partition coefficient (Wildman–Crippen LogP) is 1.55. The summed E-state index contributed by atoms with van der Waals surface area (Å²) in [6, 6.07) is 5.90. The molecule has 0 saturated carbocycles. The fourth-order valence-corrected chi connectivity index (χ4v) is 3.25. The predicted molar refractivity (Wildman–Crippen MR) is 99.0 cm³/mol. The van der Waals surface area contributed by atoms with E-state index in [0.29, 0.717) is 24.9 Å². The normalized spacial score (nSPS) is 13.0. The lowest BCUT2D eigenvalue weighted by molar-refractivity contribution is -0.115. The van der Waals surface area contributed by atoms with Crippen molar-refractivity contribution in [1.82, 2.24) is 0 Å². The number of fused-ring (bicyclic) bond motifs is 1. The Bertz CT molecular complexity index is 946. The Morgan fingerprint density at radius 1 is 1.00 bits per heavy atom. The Morgan fingerprint density at radius 2 is 1.64 bits per heavy atom. The first-order valence-electron chi connectivity index (χ1n) is 8.52. The number of carbonyl (C=O) groups excluding carboxylic acids is 3. The Labute approximate surface area is 159 Å². The zero-order valence-electron chi connectivity index (χ0n) is 14.8. The maximum absolute atomic E-state index is 14.2. The van der Waals surface area contributed by atoms with Gasteiger partial charge in [0.15, 0.2) is 0 Å². The van der Waals surface area contributed by atoms with Gasteiger partial charge in [0.05, 0.1) is 12.2 Å². The third-order valence-electron chi connectivity index (χ3n) is 4.42. The van der Waals surface area contributed by atoms with Gasteiger partial charge in [0.1, 0.15) is 11.6 Å². The van der Waals surface area contributed by atoms with Crippen LogP contribution in [-0.2, 0) is 11.2 Å². The van der Waals surface area contributed by atoms with E-state index >= 15 is 0 Å². The molecular formula is C19H18F2N4O3. The second kappa shape index (κ2) is 7.63. The second-order valence-electron chi connectivity index (χ2n) is 6.50. The maximum Gasteiger partial charge on any atom is 0.248 e. The molecule has 1 aliphatic heterocycles. The van der Waals surface area contributed by atoms with Crippen LogP contribution in [0.5, 0.6) is 0 Å². The maximum atomic E-state index is 14.2. The van der Waals surface area contributed by atoms with Crippen LogP contribution >= 0.6 is 0 Å². The molecule has 3 rings (SSSR count). The lowest BCUT2D eigenvalue weighted by Gasteiger charge is -2.31. The highest BCUT2D eigenvalue weighted by molar-refractivity contribution is 6.02. The van der Waals surface area contributed by atoms with Crippen molar-refractivity contribution in [3.05, 3.63) is 58.7 Å². The first-order chi connectivity index (χ1) is 13.2. The highest BCUT2D eigenvalue weighted by Crippen LogP contribution is 2.30. The number of nitrogens with one attached hydrogen (secondary N) is 1. The van der Waals surface area contributed by atoms with Gasteiger partial charge in [0.2, 0.25) is 17.7 Å². The fourth-order valence-electron chi connectivity index (χ4n) is 3.25. The Kier molecular flexibility index (Phi) is 5.25. The standard InChI is InChI=1S/C19H18F2N4O3/c20-13-5-10-2-1-3-25(17(10)15(21)8-13)9-16(26)24-14-6-11(18(22)27)4-12(7-14)19(23)28/h4-8H,1-3,9H2,(H2,22,27)(H2,23,28)(H,24,26). The minimum absolute atomic E-state index is 0.0106. The minimum atomic E-state index is -0.785. The minimum Gasteiger partial charge on any atom is -0.366 e. The lowest BCUT2D eigenvalue weighted by Crippen LogP contribution is -2.37. The van der Waals surface area contributed by atoms with Crippen LogP contribution in [0.3, 0.4) is 0 Å². The van der Waals surface area contributed by atoms with E-state index in [1.165, 1.54) is 29.2 Å². The number of primary amides is 2. The van der Waals surface area contributed by atoms with Crippen LogP contribution in [0, 0.1) is 11.6 Å². The van der Waals surface area contributed by atoms with Gasteiger partial charge in [0.25, 0.3) is 0 Å². The van der Waals surface area contributed by atoms with E-state index in [4.69, 9.17) is 11.5 Å². The molecule has 1 heterocycles. The number of hydrogen-bond donors (Lipinski definition) is 3. The van der Waals surface area contributed by atoms with Gasteiger partial charge < -0.3 is 21.7 Å². The number of nitrogens with two attached hydrogens (primary N) is 2. The average molecular weight is 388 g/mol. The molecule has 2 aromatic carbocycles. The molecule has 28 heavy (non-hydrogen) atoms. The second-order valence-corrected chi connectivity index (χ2v) is 6.50. The van der Waals surface area contributed by atoms with Gasteiger partial charge in [-0.1, -0.05) is 0 Å². The van der Waals surface area contributed by atoms with Crippen LogP contribution in [0.1, 0.15) is 32.7 Å². The molecule has 0 unspecified atom stereocenters. The molecule has 0 bridgehead atoms. The summed E-state index contributed by atoms with van der Waals surface area (Å²) in [6.45, 7) is 0.235. The number of anilines is 2. The van der Waals surface area contributed by atoms with Crippen LogP contribution in [0.2, 0.25) is 0 Å². The summed E-state index contributed by atoms with van der Waals surface area (Å²) in [6.07, 6.45) is 1.16. The number of hydrogen-bond acceptors (Lipinski definition) is 4. The lowest BCUT2D eigenvalue weighted by atomic mass is 10.0. The van der Waals surface area contributed by atoms with E-state index in [-0.39, 0.29) is 29.0 Å². The number of carbonyl (C=O) groups is 3. The molecule has 0 aromatic heterocycles. The van der Waals surface area contributed by atoms with Gasteiger partial charge in [-0.2, -0.15) is 0 Å². The topological polar surface area (TPSA) is 119 Å². The number of benzene rings is 2. The van der Waals surface area contributed by atoms with Crippen molar-refractivity contribution < 1.29 is 23.2 Å². The molecule has 0 radical (unpaired) electrons. The van der Waals surface area contributed by atoms with Crippen molar-refractivity contribution in [2.24, 2.45) is 11.5 Å². The first kappa shape index (κ1) is 19.3. The third-order valence-corrected chi connectivity index (χ3v) is 4.42. The van der Waals surface area contributed by atoms with Crippen LogP contribution in [0.15, 0.2) is 30.3 Å². The SMILES string of the molecule is NC(=O)c1cc(NC(=O)CN2CCCc3cc(F)cc(F)c32)cc(C(N)=O)c1. The van der Waals surface area contributed by atoms with E-state index in [9.17, 15) is 23.2 Å². The summed E-state index contributed by atoms with van der Waals surface area (Å²) in [7, 11) is 0. The van der Waals surface area contributed by atoms with Crippen molar-refractivity contribution in [2.45, 2.75) is 12.8 Å². The zero-order valence-corrected chi connectivity index (χ0v) is 14.8. The Hall–Kier alpha value is -3.49. The number of nitrogens with zero attached hydrogens (tertiary/aromatic N) is 1. The first-order valence-corrected chi connectivity index (χ1v) is 8.52. The molecular weight excluding hydrogens is 370 g/mol. The van der Waals surface area contributed by atoms with Crippen LogP contribution in [0.25, 0.3) is 0 Å². The molecule has 0 atom stereocenters. The van der Waals surface area contributed by atoms with Crippen molar-refractivity contribution in [2.75, 3.05) is 23.3 Å². The molecule has 0 saturated heterocycles. The number of halogens is 2. The van der Waals surface area contributed by atoms with Gasteiger partial charge in [-0.05, 0) is 42.7 Å². The van der Waals surface area contributed by atoms with Crippen LogP contribution in [0.4, 0.5) is 20.2 Å². The molecule has 0 fully saturated rings. The Balaban J connectivity index is 1.81. The summed E-state index contributed by atoms with van der Waals surface area (Å²) in [5, 5.41) is 2.55. The molecule has 7 nitrogen and oxygen atoms in total. The number of amides is 3. The van der Waals surface area contributed by atoms with Gasteiger partial charge in [-0.25, -0.2) is 8.78 Å². The monoisotopic (exact) mass is 388 g/mol. The third kappa shape index (κ3) is 4.08. The summed E-state index contributed by atoms with van der Waals surface area (Å²) in [5.41, 5.74) is 11.3. The molecule has 146 valence electrons. The summed E-state index contributed by atoms with van der Waals surface area (Å²) in [4.78, 5) is 36.8. The van der Waals surface area contributed by atoms with E-state index in [2.05, 4.69) is 5.32 Å². The smallest absolute Gasteiger partial charge is 0.248 e. The van der Waals surface area contributed by atoms with E-state index in [0.717, 1.165) is 6.07 Å². The van der Waals surface area contributed by atoms with Gasteiger partial charge in [-0.15, -0.1) is 0 Å². The quantitative estimate of drug-likeness (QED) is 0.720. The number of rotatable bonds is 5. The van der Waals surface area contributed by atoms with Crippen molar-refractivity contribution in [1.29, 1.82) is 0 Å². The molecule has 5 N–H and O–H groups in total. The highest BCUT2D eigenvalue weighted by atomic mass is 19.1. The average Bonchev–Trinajstić information content (AvgIpc) is 2.60. The highest BCUT2D eigenvalue weighted by Gasteiger charge is 2.24. The molecule has 1 aliphatic rings. The van der Waals surface area contributed by atoms with Crippen molar-refractivity contribution >= 4 is 29.1 Å². The van der Waals surface area contributed by atoms with Crippen LogP contribution in [-0.4, -0.2) is 30.8 Å². The largest absolute Gasteiger partial charge is 0.366 e. The molecule has 3 amide bonds. The van der Waals surface area contributed by atoms with Gasteiger partial charge in [0, 0.05) is 29.4 Å². The van der Waals surface area contributed by atoms with E-state index in [1.807, 2.05) is 0 Å². The molecule has 2 aromatic rings. The van der Waals surface area contributed by atoms with Gasteiger partial charge in [-0.3, -0.25) is 14.4 Å². The van der Waals surface area contributed by atoms with Gasteiger partial charge >= 0.3 is 0 Å². The summed E-state index contributed by atoms with van der Waals surface area (Å²) >= 11 is 0. The van der Waals surface area contributed by atoms with E-state index < -0.39 is 29.4 Å². The van der Waals surface area contributed by atoms with E-state index in [1.54, 1.807) is 0 Å². The summed E-state index contributed by atoms with van der Waals surface area (Å²) in [5.74, 6) is -3.46. The van der Waals surface area contributed by atoms with Crippen LogP contribution < -0.4 is 21.7 Å². The molecule has 9 heteroatoms. The summed E-state index contributed by atoms with van der Waals surface area (Å²) < 4.78 is 27.7. The van der Waals surface area contributed by atoms with Crippen molar-refractivity contribution in [3.63, 3.8) is 0 Å². The van der Waals surface area contributed by atoms with Crippen molar-refractivity contribution in [3.8, 4) is 0 Å². The zero-order chi connectivity index (χ0) is 20.4. The fraction of sp³-hybridized carbons (Fsp3) is 0.211. The molecule has 0 spiro atoms. The Morgan fingerprint density at radius 3 is 2.25 bits per heavy atom.